The summed E-state index contributed by atoms with van der Waals surface area (Å²) in [4.78, 5) is 47.5. The van der Waals surface area contributed by atoms with Crippen LogP contribution in [0.25, 0.3) is 11.1 Å². The zero-order chi connectivity index (χ0) is 28.1. The van der Waals surface area contributed by atoms with E-state index in [1.807, 2.05) is 0 Å². The van der Waals surface area contributed by atoms with Crippen LogP contribution in [-0.2, 0) is 11.2 Å². The third kappa shape index (κ3) is 6.16. The smallest absolute Gasteiger partial charge is 0.335 e. The Morgan fingerprint density at radius 2 is 1.42 bits per heavy atom. The van der Waals surface area contributed by atoms with E-state index in [4.69, 9.17) is 43.5 Å². The molecule has 3 aromatic rings. The van der Waals surface area contributed by atoms with Crippen molar-refractivity contribution in [1.82, 2.24) is 5.32 Å². The predicted octanol–water partition coefficient (Wildman–Crippen LogP) is 3.90. The number of primary amides is 1. The summed E-state index contributed by atoms with van der Waals surface area (Å²) in [6.45, 7) is 0. The molecule has 0 radical (unpaired) electrons. The number of rotatable bonds is 10. The number of aromatic carboxylic acids is 1. The summed E-state index contributed by atoms with van der Waals surface area (Å²) in [5.74, 6) is -3.40. The highest BCUT2D eigenvalue weighted by Crippen LogP contribution is 2.39. The molecule has 1 unspecified atom stereocenters. The SMILES string of the molecule is COc1cc(C(N)=O)cc(OC)c1-c1ccc(CC(NC(=O)c2c(Cl)cc(C(=O)O)cc2Cl)C(=O)O)cc1. The largest absolute Gasteiger partial charge is 0.496 e. The maximum Gasteiger partial charge on any atom is 0.335 e. The molecule has 0 saturated carbocycles. The Morgan fingerprint density at radius 1 is 0.895 bits per heavy atom. The van der Waals surface area contributed by atoms with Crippen molar-refractivity contribution in [3.05, 3.63) is 80.8 Å². The third-order valence-electron chi connectivity index (χ3n) is 5.59. The second kappa shape index (κ2) is 11.8. The van der Waals surface area contributed by atoms with Crippen LogP contribution in [0.5, 0.6) is 11.5 Å². The van der Waals surface area contributed by atoms with E-state index in [1.165, 1.54) is 26.4 Å². The van der Waals surface area contributed by atoms with E-state index in [9.17, 15) is 24.3 Å². The van der Waals surface area contributed by atoms with Crippen LogP contribution in [0.4, 0.5) is 0 Å². The molecule has 0 aliphatic carbocycles. The maximum absolute atomic E-state index is 12.8. The number of amides is 2. The molecule has 0 saturated heterocycles. The minimum atomic E-state index is -1.35. The molecule has 38 heavy (non-hydrogen) atoms. The Morgan fingerprint density at radius 3 is 1.84 bits per heavy atom. The van der Waals surface area contributed by atoms with Gasteiger partial charge in [-0.3, -0.25) is 9.59 Å². The normalized spacial score (nSPS) is 11.4. The maximum atomic E-state index is 12.8. The second-order valence-corrected chi connectivity index (χ2v) is 8.82. The van der Waals surface area contributed by atoms with Crippen molar-refractivity contribution in [2.45, 2.75) is 12.5 Å². The number of carboxylic acids is 2. The van der Waals surface area contributed by atoms with Gasteiger partial charge in [-0.2, -0.15) is 0 Å². The average Bonchev–Trinajstić information content (AvgIpc) is 2.87. The minimum Gasteiger partial charge on any atom is -0.496 e. The quantitative estimate of drug-likeness (QED) is 0.289. The lowest BCUT2D eigenvalue weighted by Gasteiger charge is -2.17. The summed E-state index contributed by atoms with van der Waals surface area (Å²) in [5.41, 5.74) is 6.92. The molecule has 0 spiro atoms. The van der Waals surface area contributed by atoms with Crippen LogP contribution in [0.1, 0.15) is 36.6 Å². The van der Waals surface area contributed by atoms with E-state index in [0.29, 0.717) is 28.2 Å². The van der Waals surface area contributed by atoms with Gasteiger partial charge in [-0.15, -0.1) is 0 Å². The van der Waals surface area contributed by atoms with Gasteiger partial charge in [0.15, 0.2) is 0 Å². The van der Waals surface area contributed by atoms with E-state index in [-0.39, 0.29) is 33.2 Å². The molecule has 10 nitrogen and oxygen atoms in total. The lowest BCUT2D eigenvalue weighted by Crippen LogP contribution is -2.42. The Labute approximate surface area is 226 Å². The lowest BCUT2D eigenvalue weighted by molar-refractivity contribution is -0.139. The Balaban J connectivity index is 1.86. The number of aliphatic carboxylic acids is 1. The van der Waals surface area contributed by atoms with Gasteiger partial charge in [0, 0.05) is 12.0 Å². The van der Waals surface area contributed by atoms with E-state index < -0.39 is 29.8 Å². The predicted molar refractivity (Wildman–Crippen MR) is 140 cm³/mol. The standard InChI is InChI=1S/C26H22Cl2N2O8/c1-37-19-10-14(23(29)31)11-20(38-2)21(19)13-5-3-12(4-6-13)7-18(26(35)36)30-24(32)22-16(27)8-15(25(33)34)9-17(22)28/h3-6,8-11,18H,7H2,1-2H3,(H2,29,31)(H,30,32)(H,33,34)(H,35,36). The highest BCUT2D eigenvalue weighted by molar-refractivity contribution is 6.40. The van der Waals surface area contributed by atoms with Crippen molar-refractivity contribution < 1.29 is 38.9 Å². The average molecular weight is 561 g/mol. The summed E-state index contributed by atoms with van der Waals surface area (Å²) >= 11 is 12.1. The fourth-order valence-corrected chi connectivity index (χ4v) is 4.38. The molecule has 0 heterocycles. The second-order valence-electron chi connectivity index (χ2n) is 8.01. The van der Waals surface area contributed by atoms with Gasteiger partial charge in [0.2, 0.25) is 5.91 Å². The molecule has 5 N–H and O–H groups in total. The number of methoxy groups -OCH3 is 2. The summed E-state index contributed by atoms with van der Waals surface area (Å²) in [6, 6.07) is 10.5. The van der Waals surface area contributed by atoms with Gasteiger partial charge in [-0.25, -0.2) is 9.59 Å². The molecule has 3 rings (SSSR count). The molecular formula is C26H22Cl2N2O8. The van der Waals surface area contributed by atoms with E-state index in [1.54, 1.807) is 24.3 Å². The van der Waals surface area contributed by atoms with Gasteiger partial charge >= 0.3 is 11.9 Å². The molecule has 0 fully saturated rings. The van der Waals surface area contributed by atoms with E-state index in [0.717, 1.165) is 12.1 Å². The van der Waals surface area contributed by atoms with Gasteiger partial charge in [-0.1, -0.05) is 47.5 Å². The van der Waals surface area contributed by atoms with Crippen LogP contribution in [-0.4, -0.2) is 54.2 Å². The number of hydrogen-bond acceptors (Lipinski definition) is 6. The molecular weight excluding hydrogens is 539 g/mol. The first-order valence-electron chi connectivity index (χ1n) is 10.9. The number of carboxylic acid groups (broad SMARTS) is 2. The Hall–Kier alpha value is -4.28. The van der Waals surface area contributed by atoms with Gasteiger partial charge in [0.25, 0.3) is 5.91 Å². The minimum absolute atomic E-state index is 0.0846. The first-order valence-corrected chi connectivity index (χ1v) is 11.6. The summed E-state index contributed by atoms with van der Waals surface area (Å²) in [7, 11) is 2.87. The molecule has 2 amide bonds. The van der Waals surface area contributed by atoms with Crippen molar-refractivity contribution in [3.63, 3.8) is 0 Å². The third-order valence-corrected chi connectivity index (χ3v) is 6.19. The number of nitrogens with two attached hydrogens (primary N) is 1. The summed E-state index contributed by atoms with van der Waals surface area (Å²) < 4.78 is 10.8. The van der Waals surface area contributed by atoms with E-state index >= 15 is 0 Å². The fraction of sp³-hybridized carbons (Fsp3) is 0.154. The molecule has 1 atom stereocenters. The van der Waals surface area contributed by atoms with Crippen molar-refractivity contribution >= 4 is 47.0 Å². The number of carbonyl (C=O) groups excluding carboxylic acids is 2. The molecule has 198 valence electrons. The van der Waals surface area contributed by atoms with Crippen molar-refractivity contribution in [3.8, 4) is 22.6 Å². The van der Waals surface area contributed by atoms with Crippen LogP contribution < -0.4 is 20.5 Å². The van der Waals surface area contributed by atoms with Gasteiger partial charge in [0.1, 0.15) is 17.5 Å². The van der Waals surface area contributed by atoms with Crippen LogP contribution in [0.3, 0.4) is 0 Å². The number of nitrogens with one attached hydrogen (secondary N) is 1. The van der Waals surface area contributed by atoms with Crippen LogP contribution in [0.2, 0.25) is 10.0 Å². The van der Waals surface area contributed by atoms with Crippen LogP contribution in [0, 0.1) is 0 Å². The fourth-order valence-electron chi connectivity index (χ4n) is 3.73. The number of carbonyl (C=O) groups is 4. The molecule has 0 aliphatic heterocycles. The molecule has 12 heteroatoms. The first kappa shape index (κ1) is 28.3. The zero-order valence-corrected chi connectivity index (χ0v) is 21.6. The number of benzene rings is 3. The van der Waals surface area contributed by atoms with Crippen molar-refractivity contribution in [2.24, 2.45) is 5.73 Å². The molecule has 0 aromatic heterocycles. The van der Waals surface area contributed by atoms with Crippen molar-refractivity contribution in [1.29, 1.82) is 0 Å². The topological polar surface area (TPSA) is 165 Å². The number of ether oxygens (including phenoxy) is 2. The van der Waals surface area contributed by atoms with E-state index in [2.05, 4.69) is 5.32 Å². The Bertz CT molecular complexity index is 1380. The highest BCUT2D eigenvalue weighted by Gasteiger charge is 2.25. The highest BCUT2D eigenvalue weighted by atomic mass is 35.5. The van der Waals surface area contributed by atoms with Crippen LogP contribution >= 0.6 is 23.2 Å². The van der Waals surface area contributed by atoms with Gasteiger partial charge in [0.05, 0.1) is 41.0 Å². The lowest BCUT2D eigenvalue weighted by atomic mass is 9.97. The Kier molecular flexibility index (Phi) is 8.82. The first-order chi connectivity index (χ1) is 18.0. The number of halogens is 2. The van der Waals surface area contributed by atoms with Gasteiger partial charge in [-0.05, 0) is 35.4 Å². The summed E-state index contributed by atoms with van der Waals surface area (Å²) in [5, 5.41) is 20.7. The molecule has 3 aromatic carbocycles. The zero-order valence-electron chi connectivity index (χ0n) is 20.1. The monoisotopic (exact) mass is 560 g/mol. The van der Waals surface area contributed by atoms with Crippen LogP contribution in [0.15, 0.2) is 48.5 Å². The molecule has 0 bridgehead atoms. The molecule has 0 aliphatic rings. The number of hydrogen-bond donors (Lipinski definition) is 4. The van der Waals surface area contributed by atoms with Gasteiger partial charge < -0.3 is 30.7 Å². The summed E-state index contributed by atoms with van der Waals surface area (Å²) in [6.07, 6.45) is -0.0846. The van der Waals surface area contributed by atoms with Crippen molar-refractivity contribution in [2.75, 3.05) is 14.2 Å².